The van der Waals surface area contributed by atoms with Crippen LogP contribution in [0.3, 0.4) is 0 Å². The fourth-order valence-electron chi connectivity index (χ4n) is 5.77. The van der Waals surface area contributed by atoms with Crippen LogP contribution in [0.4, 0.5) is 5.69 Å². The van der Waals surface area contributed by atoms with E-state index in [0.29, 0.717) is 0 Å². The predicted molar refractivity (Wildman–Crippen MR) is 202 cm³/mol. The number of fused-ring (bicyclic) bond motifs is 4. The summed E-state index contributed by atoms with van der Waals surface area (Å²) < 4.78 is 0. The summed E-state index contributed by atoms with van der Waals surface area (Å²) in [5, 5.41) is 11.1. The molecule has 0 aromatic heterocycles. The molecule has 1 aliphatic carbocycles. The molecule has 244 valence electrons. The quantitative estimate of drug-likeness (QED) is 0.296. The van der Waals surface area contributed by atoms with Crippen molar-refractivity contribution in [2.75, 3.05) is 11.9 Å². The molecule has 3 heterocycles. The number of rotatable bonds is 4. The van der Waals surface area contributed by atoms with E-state index in [2.05, 4.69) is 136 Å². The molecule has 2 atom stereocenters. The van der Waals surface area contributed by atoms with Crippen molar-refractivity contribution >= 4 is 23.3 Å². The van der Waals surface area contributed by atoms with E-state index in [1.165, 1.54) is 44.3 Å². The van der Waals surface area contributed by atoms with Crippen molar-refractivity contribution in [3.63, 3.8) is 0 Å². The second-order valence-corrected chi connectivity index (χ2v) is 12.2. The van der Waals surface area contributed by atoms with Crippen LogP contribution in [0.15, 0.2) is 117 Å². The fourth-order valence-corrected chi connectivity index (χ4v) is 6.91. The highest BCUT2D eigenvalue weighted by molar-refractivity contribution is 8.00. The van der Waals surface area contributed by atoms with E-state index in [4.69, 9.17) is 4.99 Å². The first-order valence-corrected chi connectivity index (χ1v) is 17.8. The highest BCUT2D eigenvalue weighted by atomic mass is 32.2. The molecule has 4 aliphatic rings. The highest BCUT2D eigenvalue weighted by Crippen LogP contribution is 2.52. The van der Waals surface area contributed by atoms with Crippen LogP contribution >= 0.6 is 11.8 Å². The first kappa shape index (κ1) is 37.7. The number of hydrogen-bond donors (Lipinski definition) is 3. The van der Waals surface area contributed by atoms with Gasteiger partial charge in [-0.05, 0) is 68.5 Å². The smallest absolute Gasteiger partial charge is 0.131 e. The minimum absolute atomic E-state index is 0.0000129. The summed E-state index contributed by atoms with van der Waals surface area (Å²) in [5.41, 5.74) is 8.97. The van der Waals surface area contributed by atoms with Crippen LogP contribution in [-0.2, 0) is 5.41 Å². The van der Waals surface area contributed by atoms with Crippen LogP contribution in [0.1, 0.15) is 106 Å². The molecule has 3 N–H and O–H groups in total. The zero-order chi connectivity index (χ0) is 33.4. The zero-order valence-electron chi connectivity index (χ0n) is 29.7. The van der Waals surface area contributed by atoms with Crippen molar-refractivity contribution in [1.82, 2.24) is 10.6 Å². The molecule has 0 amide bonds. The fraction of sp³-hybridized carbons (Fsp3) is 0.425. The molecule has 5 heteroatoms. The standard InChI is InChI=1S/C26H26N4S.2C5H10.2C2H6/c1-15-22-23(17-8-4-5-9-18(17)26(22,2)3)30-24(28-15)16-12-13-20(27-14-16)25-29-19-10-6-7-11-21(19)31-25;2*1-3-5-4-2;2*1-2/h4-13,23,25,27,29H,14H2,1-3H3,(H,28,30);2*3,5H,4H2,1-2H3;2*1-2H3/b;2*5-3-;;. The van der Waals surface area contributed by atoms with E-state index in [0.717, 1.165) is 25.2 Å². The van der Waals surface area contributed by atoms with E-state index >= 15 is 0 Å². The number of benzene rings is 2. The Labute approximate surface area is 279 Å². The van der Waals surface area contributed by atoms with E-state index in [-0.39, 0.29) is 16.8 Å². The zero-order valence-corrected chi connectivity index (χ0v) is 30.5. The number of allylic oxidation sites excluding steroid dienone is 7. The van der Waals surface area contributed by atoms with Crippen LogP contribution in [0, 0.1) is 0 Å². The van der Waals surface area contributed by atoms with Gasteiger partial charge >= 0.3 is 0 Å². The summed E-state index contributed by atoms with van der Waals surface area (Å²) >= 11 is 1.86. The average molecular weight is 627 g/mol. The summed E-state index contributed by atoms with van der Waals surface area (Å²) in [7, 11) is 0. The Kier molecular flexibility index (Phi) is 16.1. The van der Waals surface area contributed by atoms with Gasteiger partial charge in [0.25, 0.3) is 0 Å². The Morgan fingerprint density at radius 3 is 2.07 bits per heavy atom. The summed E-state index contributed by atoms with van der Waals surface area (Å²) in [6.45, 7) is 23.9. The van der Waals surface area contributed by atoms with Gasteiger partial charge in [-0.15, -0.1) is 0 Å². The Bertz CT molecular complexity index is 1370. The molecule has 0 spiro atoms. The highest BCUT2D eigenvalue weighted by Gasteiger charge is 2.44. The normalized spacial score (nSPS) is 19.8. The monoisotopic (exact) mass is 626 g/mol. The van der Waals surface area contributed by atoms with E-state index in [1.54, 1.807) is 0 Å². The van der Waals surface area contributed by atoms with Gasteiger partial charge in [0.2, 0.25) is 0 Å². The third-order valence-electron chi connectivity index (χ3n) is 7.74. The molecule has 2 unspecified atom stereocenters. The maximum absolute atomic E-state index is 5.20. The van der Waals surface area contributed by atoms with Crippen LogP contribution in [0.2, 0.25) is 0 Å². The number of thioether (sulfide) groups is 1. The molecule has 4 nitrogen and oxygen atoms in total. The second kappa shape index (κ2) is 19.2. The number of nitrogens with one attached hydrogen (secondary N) is 3. The maximum atomic E-state index is 5.20. The SMILES string of the molecule is C/C=C\CC.C/C=C\CC.CC.CC.CC1=C2C(N=C(C3=CC=C(C4Nc5ccccc5S4)NC3)N1)c1ccccc1C2(C)C. The molecule has 0 bridgehead atoms. The predicted octanol–water partition coefficient (Wildman–Crippen LogP) is 11.2. The lowest BCUT2D eigenvalue weighted by atomic mass is 9.81. The van der Waals surface area contributed by atoms with Crippen molar-refractivity contribution in [1.29, 1.82) is 0 Å². The second-order valence-electron chi connectivity index (χ2n) is 11.0. The molecule has 0 fully saturated rings. The van der Waals surface area contributed by atoms with E-state index in [1.807, 2.05) is 53.3 Å². The molecule has 3 aliphatic heterocycles. The molecule has 0 radical (unpaired) electrons. The van der Waals surface area contributed by atoms with Gasteiger partial charge in [-0.3, -0.25) is 4.99 Å². The van der Waals surface area contributed by atoms with Gasteiger partial charge in [-0.1, -0.05) is 134 Å². The lowest BCUT2D eigenvalue weighted by Gasteiger charge is -2.31. The Morgan fingerprint density at radius 1 is 0.889 bits per heavy atom. The van der Waals surface area contributed by atoms with Gasteiger partial charge in [0.15, 0.2) is 0 Å². The minimum atomic E-state index is 0.0000129. The number of anilines is 1. The number of dihydropyridines is 1. The summed E-state index contributed by atoms with van der Waals surface area (Å²) in [5.74, 6) is 0.983. The number of aliphatic imine (C=N–C) groups is 1. The van der Waals surface area contributed by atoms with Gasteiger partial charge in [-0.25, -0.2) is 0 Å². The molecular weight excluding hydrogens is 569 g/mol. The summed E-state index contributed by atoms with van der Waals surface area (Å²) in [6, 6.07) is 17.3. The molecule has 0 saturated heterocycles. The van der Waals surface area contributed by atoms with Crippen molar-refractivity contribution in [2.45, 2.75) is 111 Å². The lowest BCUT2D eigenvalue weighted by Crippen LogP contribution is -2.37. The van der Waals surface area contributed by atoms with E-state index < -0.39 is 0 Å². The van der Waals surface area contributed by atoms with Crippen molar-refractivity contribution in [2.24, 2.45) is 4.99 Å². The first-order valence-electron chi connectivity index (χ1n) is 16.9. The van der Waals surface area contributed by atoms with Crippen LogP contribution < -0.4 is 16.0 Å². The third-order valence-corrected chi connectivity index (χ3v) is 8.96. The topological polar surface area (TPSA) is 48.5 Å². The molecular formula is C40H58N4S. The first-order chi connectivity index (χ1) is 21.8. The number of hydrogen-bond acceptors (Lipinski definition) is 5. The third kappa shape index (κ3) is 9.29. The molecule has 2 aromatic carbocycles. The molecule has 2 aromatic rings. The summed E-state index contributed by atoms with van der Waals surface area (Å²) in [4.78, 5) is 6.50. The summed E-state index contributed by atoms with van der Waals surface area (Å²) in [6.07, 6.45) is 15.1. The Morgan fingerprint density at radius 2 is 1.51 bits per heavy atom. The minimum Gasteiger partial charge on any atom is -0.382 e. The molecule has 0 saturated carbocycles. The van der Waals surface area contributed by atoms with Crippen molar-refractivity contribution < 1.29 is 0 Å². The van der Waals surface area contributed by atoms with Gasteiger partial charge in [0, 0.05) is 39.5 Å². The van der Waals surface area contributed by atoms with Crippen LogP contribution in [-0.4, -0.2) is 17.8 Å². The van der Waals surface area contributed by atoms with Gasteiger partial charge < -0.3 is 16.0 Å². The average Bonchev–Trinajstić information content (AvgIpc) is 3.61. The van der Waals surface area contributed by atoms with Crippen molar-refractivity contribution in [3.05, 3.63) is 119 Å². The van der Waals surface area contributed by atoms with Crippen LogP contribution in [0.25, 0.3) is 0 Å². The Balaban J connectivity index is 0.000000432. The molecule has 6 rings (SSSR count). The van der Waals surface area contributed by atoms with Crippen molar-refractivity contribution in [3.8, 4) is 0 Å². The van der Waals surface area contributed by atoms with Gasteiger partial charge in [-0.2, -0.15) is 0 Å². The van der Waals surface area contributed by atoms with E-state index in [9.17, 15) is 0 Å². The lowest BCUT2D eigenvalue weighted by molar-refractivity contribution is 0.598. The Hall–Kier alpha value is -3.44. The number of amidine groups is 1. The van der Waals surface area contributed by atoms with Gasteiger partial charge in [0.1, 0.15) is 17.3 Å². The van der Waals surface area contributed by atoms with Gasteiger partial charge in [0.05, 0.1) is 0 Å². The molecule has 45 heavy (non-hydrogen) atoms. The maximum Gasteiger partial charge on any atom is 0.131 e. The number of nitrogens with zero attached hydrogens (tertiary/aromatic N) is 1. The number of para-hydroxylation sites is 1. The van der Waals surface area contributed by atoms with Crippen LogP contribution in [0.5, 0.6) is 0 Å². The largest absolute Gasteiger partial charge is 0.382 e.